The van der Waals surface area contributed by atoms with Gasteiger partial charge in [0, 0.05) is 19.6 Å². The molecule has 0 bridgehead atoms. The Kier molecular flexibility index (Phi) is 4.63. The normalized spacial score (nSPS) is 19.5. The maximum atomic E-state index is 12.6. The molecule has 5 nitrogen and oxygen atoms in total. The van der Waals surface area contributed by atoms with Crippen molar-refractivity contribution in [1.82, 2.24) is 9.88 Å². The molecule has 0 aliphatic carbocycles. The molecule has 106 valence electrons. The van der Waals surface area contributed by atoms with Crippen LogP contribution in [0.15, 0.2) is 0 Å². The Bertz CT molecular complexity index is 444. The zero-order valence-corrected chi connectivity index (χ0v) is 12.4. The van der Waals surface area contributed by atoms with Crippen LogP contribution in [0.2, 0.25) is 0 Å². The fraction of sp³-hybridized carbons (Fsp3) is 0.692. The first-order chi connectivity index (χ1) is 9.17. The topological polar surface area (TPSA) is 71.2 Å². The quantitative estimate of drug-likeness (QED) is 0.890. The molecule has 1 aliphatic rings. The molecule has 1 aromatic rings. The Morgan fingerprint density at radius 1 is 1.58 bits per heavy atom. The predicted molar refractivity (Wildman–Crippen MR) is 79.7 cm³/mol. The number of aromatic nitrogens is 1. The number of hydrogen-bond donors (Lipinski definition) is 2. The van der Waals surface area contributed by atoms with Gasteiger partial charge in [-0.2, -0.15) is 0 Å². The predicted octanol–water partition coefficient (Wildman–Crippen LogP) is 2.56. The van der Waals surface area contributed by atoms with Crippen LogP contribution >= 0.6 is 11.3 Å². The molecule has 0 radical (unpaired) electrons. The van der Waals surface area contributed by atoms with Crippen LogP contribution in [0.3, 0.4) is 0 Å². The summed E-state index contributed by atoms with van der Waals surface area (Å²) in [6.07, 6.45) is 5.59. The molecule has 3 N–H and O–H groups in total. The van der Waals surface area contributed by atoms with Gasteiger partial charge < -0.3 is 16.0 Å². The number of thiazole rings is 1. The number of piperidine rings is 1. The standard InChI is InChI=1S/C13H22N4OS/c1-3-6-9-7-4-5-8-17(9)12(18)10-11(14)16-13(15-2)19-10/h9H,3-8,14H2,1-2H3,(H,15,16). The van der Waals surface area contributed by atoms with Crippen molar-refractivity contribution in [2.45, 2.75) is 45.1 Å². The van der Waals surface area contributed by atoms with Gasteiger partial charge in [-0.25, -0.2) is 4.98 Å². The van der Waals surface area contributed by atoms with Gasteiger partial charge in [-0.1, -0.05) is 24.7 Å². The van der Waals surface area contributed by atoms with Gasteiger partial charge in [0.05, 0.1) is 0 Å². The van der Waals surface area contributed by atoms with Gasteiger partial charge in [0.15, 0.2) is 5.13 Å². The van der Waals surface area contributed by atoms with E-state index in [0.29, 0.717) is 21.9 Å². The van der Waals surface area contributed by atoms with Gasteiger partial charge in [-0.15, -0.1) is 0 Å². The molecule has 0 saturated carbocycles. The number of carbonyl (C=O) groups is 1. The van der Waals surface area contributed by atoms with Crippen LogP contribution in [-0.4, -0.2) is 35.4 Å². The minimum Gasteiger partial charge on any atom is -0.382 e. The number of anilines is 2. The molecule has 1 atom stereocenters. The van der Waals surface area contributed by atoms with E-state index in [9.17, 15) is 4.79 Å². The summed E-state index contributed by atoms with van der Waals surface area (Å²) < 4.78 is 0. The largest absolute Gasteiger partial charge is 0.382 e. The van der Waals surface area contributed by atoms with Crippen LogP contribution in [0.1, 0.15) is 48.7 Å². The summed E-state index contributed by atoms with van der Waals surface area (Å²) in [6.45, 7) is 3.01. The summed E-state index contributed by atoms with van der Waals surface area (Å²) >= 11 is 1.34. The van der Waals surface area contributed by atoms with Crippen LogP contribution < -0.4 is 11.1 Å². The summed E-state index contributed by atoms with van der Waals surface area (Å²) in [5, 5.41) is 3.64. The fourth-order valence-corrected chi connectivity index (χ4v) is 3.42. The van der Waals surface area contributed by atoms with Crippen molar-refractivity contribution in [3.8, 4) is 0 Å². The van der Waals surface area contributed by atoms with Crippen LogP contribution in [0.5, 0.6) is 0 Å². The molecule has 1 aliphatic heterocycles. The first kappa shape index (κ1) is 14.1. The Morgan fingerprint density at radius 2 is 2.37 bits per heavy atom. The van der Waals surface area contributed by atoms with E-state index < -0.39 is 0 Å². The molecule has 6 heteroatoms. The minimum absolute atomic E-state index is 0.0506. The minimum atomic E-state index is 0.0506. The lowest BCUT2D eigenvalue weighted by atomic mass is 9.98. The zero-order chi connectivity index (χ0) is 13.8. The Hall–Kier alpha value is -1.30. The second kappa shape index (κ2) is 6.23. The van der Waals surface area contributed by atoms with Crippen molar-refractivity contribution in [2.75, 3.05) is 24.6 Å². The van der Waals surface area contributed by atoms with E-state index in [1.165, 1.54) is 17.8 Å². The average molecular weight is 282 g/mol. The monoisotopic (exact) mass is 282 g/mol. The number of carbonyl (C=O) groups excluding carboxylic acids is 1. The van der Waals surface area contributed by atoms with Crippen LogP contribution in [-0.2, 0) is 0 Å². The number of nitrogens with two attached hydrogens (primary N) is 1. The second-order valence-corrected chi connectivity index (χ2v) is 5.92. The van der Waals surface area contributed by atoms with Gasteiger partial charge in [-0.05, 0) is 25.7 Å². The fourth-order valence-electron chi connectivity index (χ4n) is 2.62. The molecule has 1 fully saturated rings. The van der Waals surface area contributed by atoms with Crippen molar-refractivity contribution in [3.63, 3.8) is 0 Å². The molecule has 0 spiro atoms. The van der Waals surface area contributed by atoms with Crippen LogP contribution in [0.25, 0.3) is 0 Å². The number of hydrogen-bond acceptors (Lipinski definition) is 5. The molecule has 2 rings (SSSR count). The van der Waals surface area contributed by atoms with Crippen molar-refractivity contribution >= 4 is 28.2 Å². The van der Waals surface area contributed by atoms with Gasteiger partial charge in [-0.3, -0.25) is 4.79 Å². The summed E-state index contributed by atoms with van der Waals surface area (Å²) in [6, 6.07) is 0.366. The van der Waals surface area contributed by atoms with E-state index in [0.717, 1.165) is 32.2 Å². The highest BCUT2D eigenvalue weighted by molar-refractivity contribution is 7.18. The Balaban J connectivity index is 2.18. The molecule has 1 amide bonds. The lowest BCUT2D eigenvalue weighted by Crippen LogP contribution is -2.43. The Morgan fingerprint density at radius 3 is 3.00 bits per heavy atom. The van der Waals surface area contributed by atoms with Crippen LogP contribution in [0.4, 0.5) is 10.9 Å². The first-order valence-corrected chi connectivity index (χ1v) is 7.74. The summed E-state index contributed by atoms with van der Waals surface area (Å²) in [5.74, 6) is 0.398. The maximum Gasteiger partial charge on any atom is 0.268 e. The molecule has 1 unspecified atom stereocenters. The molecule has 2 heterocycles. The maximum absolute atomic E-state index is 12.6. The number of amides is 1. The highest BCUT2D eigenvalue weighted by Gasteiger charge is 2.29. The Labute approximate surface area is 118 Å². The molecule has 19 heavy (non-hydrogen) atoms. The number of nitrogens with one attached hydrogen (secondary N) is 1. The molecule has 0 aromatic carbocycles. The molecule has 1 saturated heterocycles. The van der Waals surface area contributed by atoms with E-state index in [2.05, 4.69) is 17.2 Å². The highest BCUT2D eigenvalue weighted by atomic mass is 32.1. The van der Waals surface area contributed by atoms with Crippen molar-refractivity contribution in [1.29, 1.82) is 0 Å². The number of rotatable bonds is 4. The summed E-state index contributed by atoms with van der Waals surface area (Å²) in [5.41, 5.74) is 5.86. The third-order valence-electron chi connectivity index (χ3n) is 3.57. The number of likely N-dealkylation sites (tertiary alicyclic amines) is 1. The van der Waals surface area contributed by atoms with Crippen molar-refractivity contribution < 1.29 is 4.79 Å². The van der Waals surface area contributed by atoms with Gasteiger partial charge in [0.1, 0.15) is 10.7 Å². The molecule has 1 aromatic heterocycles. The second-order valence-electron chi connectivity index (χ2n) is 4.92. The van der Waals surface area contributed by atoms with E-state index >= 15 is 0 Å². The smallest absolute Gasteiger partial charge is 0.268 e. The highest BCUT2D eigenvalue weighted by Crippen LogP contribution is 2.29. The summed E-state index contributed by atoms with van der Waals surface area (Å²) in [4.78, 5) is 19.3. The third kappa shape index (κ3) is 3.00. The van der Waals surface area contributed by atoms with E-state index in [1.807, 2.05) is 4.90 Å². The lowest BCUT2D eigenvalue weighted by molar-refractivity contribution is 0.0606. The molecular weight excluding hydrogens is 260 g/mol. The van der Waals surface area contributed by atoms with E-state index in [-0.39, 0.29) is 5.91 Å². The van der Waals surface area contributed by atoms with E-state index in [1.54, 1.807) is 7.05 Å². The van der Waals surface area contributed by atoms with Gasteiger partial charge >= 0.3 is 0 Å². The lowest BCUT2D eigenvalue weighted by Gasteiger charge is -2.35. The van der Waals surface area contributed by atoms with Crippen LogP contribution in [0, 0.1) is 0 Å². The van der Waals surface area contributed by atoms with Gasteiger partial charge in [0.2, 0.25) is 0 Å². The van der Waals surface area contributed by atoms with Gasteiger partial charge in [0.25, 0.3) is 5.91 Å². The third-order valence-corrected chi connectivity index (χ3v) is 4.65. The summed E-state index contributed by atoms with van der Waals surface area (Å²) in [7, 11) is 1.79. The number of nitrogens with zero attached hydrogens (tertiary/aromatic N) is 2. The average Bonchev–Trinajstić information content (AvgIpc) is 2.80. The van der Waals surface area contributed by atoms with Crippen molar-refractivity contribution in [2.24, 2.45) is 0 Å². The van der Waals surface area contributed by atoms with Crippen molar-refractivity contribution in [3.05, 3.63) is 4.88 Å². The van der Waals surface area contributed by atoms with E-state index in [4.69, 9.17) is 5.73 Å². The first-order valence-electron chi connectivity index (χ1n) is 6.92. The molecular formula is C13H22N4OS. The zero-order valence-electron chi connectivity index (χ0n) is 11.6. The SMILES string of the molecule is CCCC1CCCCN1C(=O)c1sc(NC)nc1N. The number of nitrogen functional groups attached to an aromatic ring is 1.